The Morgan fingerprint density at radius 2 is 1.85 bits per heavy atom. The van der Waals surface area contributed by atoms with E-state index in [0.717, 1.165) is 29.8 Å². The third-order valence-electron chi connectivity index (χ3n) is 3.95. The van der Waals surface area contributed by atoms with Crippen molar-refractivity contribution in [2.45, 2.75) is 20.3 Å². The van der Waals surface area contributed by atoms with Gasteiger partial charge in [0.2, 0.25) is 0 Å². The van der Waals surface area contributed by atoms with Crippen LogP contribution in [0.1, 0.15) is 38.4 Å². The fraction of sp³-hybridized carbons (Fsp3) is 0.350. The van der Waals surface area contributed by atoms with Crippen LogP contribution in [0.4, 0.5) is 5.69 Å². The lowest BCUT2D eigenvalue weighted by molar-refractivity contribution is 0.0952. The Kier molecular flexibility index (Phi) is 6.86. The van der Waals surface area contributed by atoms with Crippen LogP contribution in [0.2, 0.25) is 0 Å². The van der Waals surface area contributed by atoms with E-state index in [9.17, 15) is 9.59 Å². The highest BCUT2D eigenvalue weighted by atomic mass is 16.2. The quantitative estimate of drug-likeness (QED) is 0.750. The summed E-state index contributed by atoms with van der Waals surface area (Å²) in [5.74, 6) is -0.536. The first kappa shape index (κ1) is 19.6. The maximum Gasteiger partial charge on any atom is 0.274 e. The minimum Gasteiger partial charge on any atom is -0.352 e. The van der Waals surface area contributed by atoms with Crippen LogP contribution < -0.4 is 10.6 Å². The summed E-state index contributed by atoms with van der Waals surface area (Å²) in [6.07, 6.45) is 2.34. The molecule has 0 fully saturated rings. The monoisotopic (exact) mass is 354 g/mol. The van der Waals surface area contributed by atoms with Crippen LogP contribution in [0.5, 0.6) is 0 Å². The number of rotatable bonds is 7. The standard InChI is InChI=1S/C20H26N4O2/c1-14-6-7-17(15(2)12-14)23-20(26)18-13-16(8-10-21-18)19(25)22-9-5-11-24(3)4/h6-8,10,12-13H,5,9,11H2,1-4H3,(H,22,25)(H,23,26). The zero-order valence-electron chi connectivity index (χ0n) is 15.8. The number of anilines is 1. The lowest BCUT2D eigenvalue weighted by Gasteiger charge is -2.11. The van der Waals surface area contributed by atoms with Crippen LogP contribution in [-0.2, 0) is 0 Å². The van der Waals surface area contributed by atoms with Crippen LogP contribution in [0.15, 0.2) is 36.5 Å². The van der Waals surface area contributed by atoms with Crippen molar-refractivity contribution in [3.63, 3.8) is 0 Å². The Hall–Kier alpha value is -2.73. The number of amides is 2. The van der Waals surface area contributed by atoms with Gasteiger partial charge in [0.25, 0.3) is 11.8 Å². The molecule has 0 aliphatic rings. The van der Waals surface area contributed by atoms with E-state index >= 15 is 0 Å². The highest BCUT2D eigenvalue weighted by Gasteiger charge is 2.13. The summed E-state index contributed by atoms with van der Waals surface area (Å²) < 4.78 is 0. The number of aromatic nitrogens is 1. The van der Waals surface area contributed by atoms with Crippen molar-refractivity contribution in [1.29, 1.82) is 0 Å². The molecule has 2 rings (SSSR count). The summed E-state index contributed by atoms with van der Waals surface area (Å²) in [5, 5.41) is 5.71. The van der Waals surface area contributed by atoms with Gasteiger partial charge in [0.1, 0.15) is 5.69 Å². The molecule has 0 radical (unpaired) electrons. The number of aryl methyl sites for hydroxylation is 2. The van der Waals surface area contributed by atoms with Gasteiger partial charge < -0.3 is 15.5 Å². The zero-order chi connectivity index (χ0) is 19.1. The third-order valence-corrected chi connectivity index (χ3v) is 3.95. The minimum atomic E-state index is -0.334. The Balaban J connectivity index is 2.01. The summed E-state index contributed by atoms with van der Waals surface area (Å²) in [6, 6.07) is 8.92. The van der Waals surface area contributed by atoms with E-state index in [1.165, 1.54) is 12.3 Å². The number of carbonyl (C=O) groups excluding carboxylic acids is 2. The van der Waals surface area contributed by atoms with E-state index in [1.807, 2.05) is 46.1 Å². The maximum absolute atomic E-state index is 12.5. The highest BCUT2D eigenvalue weighted by molar-refractivity contribution is 6.05. The smallest absolute Gasteiger partial charge is 0.274 e. The first-order valence-corrected chi connectivity index (χ1v) is 8.64. The first-order valence-electron chi connectivity index (χ1n) is 8.64. The number of benzene rings is 1. The van der Waals surface area contributed by atoms with E-state index in [-0.39, 0.29) is 17.5 Å². The van der Waals surface area contributed by atoms with Crippen molar-refractivity contribution < 1.29 is 9.59 Å². The van der Waals surface area contributed by atoms with Gasteiger partial charge in [-0.1, -0.05) is 17.7 Å². The Morgan fingerprint density at radius 3 is 2.54 bits per heavy atom. The van der Waals surface area contributed by atoms with Crippen LogP contribution >= 0.6 is 0 Å². The molecule has 6 nitrogen and oxygen atoms in total. The molecule has 0 unspecified atom stereocenters. The topological polar surface area (TPSA) is 74.3 Å². The van der Waals surface area contributed by atoms with Crippen LogP contribution in [0.3, 0.4) is 0 Å². The molecule has 6 heteroatoms. The summed E-state index contributed by atoms with van der Waals surface area (Å²) >= 11 is 0. The molecule has 2 amide bonds. The van der Waals surface area contributed by atoms with Gasteiger partial charge in [-0.3, -0.25) is 14.6 Å². The van der Waals surface area contributed by atoms with Gasteiger partial charge in [0, 0.05) is 24.0 Å². The molecule has 0 aliphatic heterocycles. The molecule has 26 heavy (non-hydrogen) atoms. The molecule has 2 aromatic rings. The summed E-state index contributed by atoms with van der Waals surface area (Å²) in [4.78, 5) is 30.8. The number of nitrogens with zero attached hydrogens (tertiary/aromatic N) is 2. The van der Waals surface area contributed by atoms with Crippen LogP contribution in [0, 0.1) is 13.8 Å². The van der Waals surface area contributed by atoms with E-state index < -0.39 is 0 Å². The summed E-state index contributed by atoms with van der Waals surface area (Å²) in [5.41, 5.74) is 3.49. The fourth-order valence-electron chi connectivity index (χ4n) is 2.54. The van der Waals surface area contributed by atoms with Crippen molar-refractivity contribution in [1.82, 2.24) is 15.2 Å². The van der Waals surface area contributed by atoms with Crippen molar-refractivity contribution in [3.8, 4) is 0 Å². The molecule has 0 bridgehead atoms. The van der Waals surface area contributed by atoms with E-state index in [0.29, 0.717) is 12.1 Å². The molecule has 1 aromatic carbocycles. The molecule has 1 aromatic heterocycles. The van der Waals surface area contributed by atoms with Gasteiger partial charge in [0.15, 0.2) is 0 Å². The predicted octanol–water partition coefficient (Wildman–Crippen LogP) is 2.63. The molecule has 0 saturated heterocycles. The van der Waals surface area contributed by atoms with Gasteiger partial charge in [-0.15, -0.1) is 0 Å². The maximum atomic E-state index is 12.5. The fourth-order valence-corrected chi connectivity index (χ4v) is 2.54. The zero-order valence-corrected chi connectivity index (χ0v) is 15.8. The second-order valence-corrected chi connectivity index (χ2v) is 6.61. The van der Waals surface area contributed by atoms with Gasteiger partial charge in [0.05, 0.1) is 0 Å². The normalized spacial score (nSPS) is 10.7. The summed E-state index contributed by atoms with van der Waals surface area (Å²) in [6.45, 7) is 5.43. The Morgan fingerprint density at radius 1 is 1.08 bits per heavy atom. The van der Waals surface area contributed by atoms with Gasteiger partial charge in [-0.2, -0.15) is 0 Å². The lowest BCUT2D eigenvalue weighted by Crippen LogP contribution is -2.27. The second-order valence-electron chi connectivity index (χ2n) is 6.61. The van der Waals surface area contributed by atoms with E-state index in [4.69, 9.17) is 0 Å². The number of hydrogen-bond donors (Lipinski definition) is 2. The van der Waals surface area contributed by atoms with Gasteiger partial charge in [-0.05, 0) is 64.7 Å². The molecule has 0 spiro atoms. The van der Waals surface area contributed by atoms with E-state index in [1.54, 1.807) is 6.07 Å². The average molecular weight is 354 g/mol. The number of carbonyl (C=O) groups is 2. The molecule has 2 N–H and O–H groups in total. The Bertz CT molecular complexity index is 787. The molecule has 0 atom stereocenters. The van der Waals surface area contributed by atoms with Crippen molar-refractivity contribution in [3.05, 3.63) is 58.9 Å². The Labute approximate surface area is 154 Å². The first-order chi connectivity index (χ1) is 12.4. The van der Waals surface area contributed by atoms with Gasteiger partial charge in [-0.25, -0.2) is 0 Å². The van der Waals surface area contributed by atoms with E-state index in [2.05, 4.69) is 20.5 Å². The number of hydrogen-bond acceptors (Lipinski definition) is 4. The second kappa shape index (κ2) is 9.10. The van der Waals surface area contributed by atoms with Crippen molar-refractivity contribution in [2.24, 2.45) is 0 Å². The van der Waals surface area contributed by atoms with Crippen LogP contribution in [0.25, 0.3) is 0 Å². The third kappa shape index (κ3) is 5.67. The van der Waals surface area contributed by atoms with Gasteiger partial charge >= 0.3 is 0 Å². The van der Waals surface area contributed by atoms with Crippen LogP contribution in [-0.4, -0.2) is 48.9 Å². The average Bonchev–Trinajstić information content (AvgIpc) is 2.60. The number of pyridine rings is 1. The lowest BCUT2D eigenvalue weighted by atomic mass is 10.1. The SMILES string of the molecule is Cc1ccc(NC(=O)c2cc(C(=O)NCCCN(C)C)ccn2)c(C)c1. The minimum absolute atomic E-state index is 0.202. The molecular formula is C20H26N4O2. The van der Waals surface area contributed by atoms with Crippen molar-refractivity contribution in [2.75, 3.05) is 32.5 Å². The molecule has 138 valence electrons. The predicted molar refractivity (Wildman–Crippen MR) is 104 cm³/mol. The summed E-state index contributed by atoms with van der Waals surface area (Å²) in [7, 11) is 3.98. The number of nitrogens with one attached hydrogen (secondary N) is 2. The highest BCUT2D eigenvalue weighted by Crippen LogP contribution is 2.17. The molecular weight excluding hydrogens is 328 g/mol. The molecule has 0 saturated carbocycles. The molecule has 0 aliphatic carbocycles. The molecule has 1 heterocycles. The van der Waals surface area contributed by atoms with Crippen molar-refractivity contribution >= 4 is 17.5 Å². The largest absolute Gasteiger partial charge is 0.352 e.